The molecule has 1 aromatic heterocycles. The van der Waals surface area contributed by atoms with Crippen molar-refractivity contribution < 1.29 is 0 Å². The van der Waals surface area contributed by atoms with Gasteiger partial charge in [0.25, 0.3) is 0 Å². The van der Waals surface area contributed by atoms with Crippen LogP contribution < -0.4 is 11.3 Å². The lowest BCUT2D eigenvalue weighted by Gasteiger charge is -2.48. The zero-order chi connectivity index (χ0) is 15.5. The first-order chi connectivity index (χ1) is 10.1. The van der Waals surface area contributed by atoms with Crippen LogP contribution >= 0.6 is 15.9 Å². The van der Waals surface area contributed by atoms with Crippen LogP contribution in [0.1, 0.15) is 57.2 Å². The molecule has 2 rings (SSSR count). The van der Waals surface area contributed by atoms with Gasteiger partial charge in [-0.3, -0.25) is 10.5 Å². The minimum atomic E-state index is 0.0566. The van der Waals surface area contributed by atoms with Gasteiger partial charge in [0.1, 0.15) is 0 Å². The van der Waals surface area contributed by atoms with Crippen LogP contribution in [0.25, 0.3) is 0 Å². The molecule has 1 heterocycles. The maximum absolute atomic E-state index is 6.01. The van der Waals surface area contributed by atoms with E-state index in [-0.39, 0.29) is 11.6 Å². The smallest absolute Gasteiger partial charge is 0.0823 e. The minimum Gasteiger partial charge on any atom is -0.302 e. The third-order valence-electron chi connectivity index (χ3n) is 4.86. The molecule has 1 aliphatic rings. The van der Waals surface area contributed by atoms with Gasteiger partial charge in [-0.15, -0.1) is 0 Å². The number of nitrogens with two attached hydrogens (primary N) is 1. The number of aromatic nitrogens is 2. The van der Waals surface area contributed by atoms with E-state index in [9.17, 15) is 0 Å². The van der Waals surface area contributed by atoms with Gasteiger partial charge in [-0.1, -0.05) is 26.2 Å². The summed E-state index contributed by atoms with van der Waals surface area (Å²) in [7, 11) is 4.34. The molecule has 1 fully saturated rings. The first kappa shape index (κ1) is 16.9. The van der Waals surface area contributed by atoms with E-state index >= 15 is 0 Å². The van der Waals surface area contributed by atoms with Gasteiger partial charge in [0.05, 0.1) is 22.4 Å². The van der Waals surface area contributed by atoms with E-state index in [2.05, 4.69) is 57.1 Å². The molecule has 0 aromatic carbocycles. The fraction of sp³-hybridized carbons (Fsp3) is 0.800. The lowest BCUT2D eigenvalue weighted by molar-refractivity contribution is 0.0526. The van der Waals surface area contributed by atoms with E-state index in [0.717, 1.165) is 17.4 Å². The predicted octanol–water partition coefficient (Wildman–Crippen LogP) is 2.82. The Kier molecular flexibility index (Phi) is 5.82. The van der Waals surface area contributed by atoms with Crippen LogP contribution in [0.2, 0.25) is 0 Å². The number of hydrogen-bond acceptors (Lipinski definition) is 4. The quantitative estimate of drug-likeness (QED) is 0.607. The summed E-state index contributed by atoms with van der Waals surface area (Å²) in [6.45, 7) is 3.09. The summed E-state index contributed by atoms with van der Waals surface area (Å²) in [5, 5.41) is 4.52. The first-order valence-corrected chi connectivity index (χ1v) is 8.71. The van der Waals surface area contributed by atoms with Crippen LogP contribution in [-0.4, -0.2) is 34.3 Å². The van der Waals surface area contributed by atoms with Crippen LogP contribution in [-0.2, 0) is 6.54 Å². The second-order valence-corrected chi connectivity index (χ2v) is 7.11. The molecule has 1 aliphatic carbocycles. The van der Waals surface area contributed by atoms with Crippen molar-refractivity contribution in [3.63, 3.8) is 0 Å². The third-order valence-corrected chi connectivity index (χ3v) is 5.47. The van der Waals surface area contributed by atoms with Crippen molar-refractivity contribution in [3.05, 3.63) is 16.4 Å². The summed E-state index contributed by atoms with van der Waals surface area (Å²) in [6.07, 6.45) is 9.13. The molecule has 0 amide bonds. The molecule has 120 valence electrons. The molecular weight excluding hydrogens is 330 g/mol. The van der Waals surface area contributed by atoms with Crippen LogP contribution in [0.4, 0.5) is 0 Å². The van der Waals surface area contributed by atoms with Gasteiger partial charge in [0.15, 0.2) is 0 Å². The Labute approximate surface area is 136 Å². The highest BCUT2D eigenvalue weighted by atomic mass is 79.9. The van der Waals surface area contributed by atoms with Gasteiger partial charge < -0.3 is 4.90 Å². The summed E-state index contributed by atoms with van der Waals surface area (Å²) >= 11 is 3.67. The average Bonchev–Trinajstić information content (AvgIpc) is 2.83. The summed E-state index contributed by atoms with van der Waals surface area (Å²) < 4.78 is 3.14. The van der Waals surface area contributed by atoms with Gasteiger partial charge in [-0.2, -0.15) is 5.10 Å². The lowest BCUT2D eigenvalue weighted by Crippen LogP contribution is -2.56. The van der Waals surface area contributed by atoms with Gasteiger partial charge in [-0.25, -0.2) is 5.43 Å². The molecule has 1 saturated carbocycles. The molecule has 6 heteroatoms. The largest absolute Gasteiger partial charge is 0.302 e. The molecule has 0 aliphatic heterocycles. The maximum atomic E-state index is 6.01. The number of nitrogens with one attached hydrogen (secondary N) is 1. The molecule has 1 atom stereocenters. The summed E-state index contributed by atoms with van der Waals surface area (Å²) in [4.78, 5) is 2.35. The fourth-order valence-corrected chi connectivity index (χ4v) is 4.22. The van der Waals surface area contributed by atoms with Crippen molar-refractivity contribution in [2.45, 2.75) is 63.6 Å². The van der Waals surface area contributed by atoms with E-state index in [1.807, 2.05) is 6.20 Å². The zero-order valence-corrected chi connectivity index (χ0v) is 15.0. The number of nitrogens with zero attached hydrogens (tertiary/aromatic N) is 3. The molecule has 0 bridgehead atoms. The molecule has 0 radical (unpaired) electrons. The molecule has 5 nitrogen and oxygen atoms in total. The van der Waals surface area contributed by atoms with Gasteiger partial charge >= 0.3 is 0 Å². The summed E-state index contributed by atoms with van der Waals surface area (Å²) in [5.41, 5.74) is 4.34. The number of halogens is 1. The summed E-state index contributed by atoms with van der Waals surface area (Å²) in [5.74, 6) is 6.01. The minimum absolute atomic E-state index is 0.0566. The summed E-state index contributed by atoms with van der Waals surface area (Å²) in [6, 6.07) is 0.0798. The molecular formula is C15H28BrN5. The van der Waals surface area contributed by atoms with E-state index in [1.165, 1.54) is 37.8 Å². The normalized spacial score (nSPS) is 19.9. The fourth-order valence-electron chi connectivity index (χ4n) is 3.70. The Morgan fingerprint density at radius 1 is 1.43 bits per heavy atom. The van der Waals surface area contributed by atoms with Crippen molar-refractivity contribution >= 4 is 15.9 Å². The number of hydrazine groups is 1. The highest BCUT2D eigenvalue weighted by Gasteiger charge is 2.44. The number of aryl methyl sites for hydroxylation is 1. The van der Waals surface area contributed by atoms with Crippen LogP contribution in [0.5, 0.6) is 0 Å². The standard InChI is InChI=1S/C15H28BrN5/c1-4-10-21-13(12(16)11-18-21)14(19-17)15(20(2)3)8-6-5-7-9-15/h11,14,19H,4-10,17H2,1-3H3. The molecule has 1 aromatic rings. The van der Waals surface area contributed by atoms with Crippen LogP contribution in [0, 0.1) is 0 Å². The lowest BCUT2D eigenvalue weighted by atomic mass is 9.74. The Hall–Kier alpha value is -0.430. The van der Waals surface area contributed by atoms with Crippen LogP contribution in [0.15, 0.2) is 10.7 Å². The van der Waals surface area contributed by atoms with E-state index in [0.29, 0.717) is 0 Å². The highest BCUT2D eigenvalue weighted by Crippen LogP contribution is 2.43. The Morgan fingerprint density at radius 3 is 2.62 bits per heavy atom. The topological polar surface area (TPSA) is 59.1 Å². The third kappa shape index (κ3) is 3.18. The SMILES string of the molecule is CCCn1ncc(Br)c1C(NN)C1(N(C)C)CCCCC1. The second-order valence-electron chi connectivity index (χ2n) is 6.26. The Morgan fingerprint density at radius 2 is 2.10 bits per heavy atom. The number of rotatable bonds is 6. The number of hydrogen-bond donors (Lipinski definition) is 2. The van der Waals surface area contributed by atoms with Crippen molar-refractivity contribution in [3.8, 4) is 0 Å². The second kappa shape index (κ2) is 7.22. The van der Waals surface area contributed by atoms with Crippen molar-refractivity contribution in [2.75, 3.05) is 14.1 Å². The van der Waals surface area contributed by atoms with Gasteiger partial charge in [0.2, 0.25) is 0 Å². The molecule has 3 N–H and O–H groups in total. The zero-order valence-electron chi connectivity index (χ0n) is 13.4. The Balaban J connectivity index is 2.43. The maximum Gasteiger partial charge on any atom is 0.0823 e. The van der Waals surface area contributed by atoms with Crippen molar-refractivity contribution in [1.82, 2.24) is 20.1 Å². The van der Waals surface area contributed by atoms with E-state index in [4.69, 9.17) is 5.84 Å². The van der Waals surface area contributed by atoms with E-state index < -0.39 is 0 Å². The van der Waals surface area contributed by atoms with E-state index in [1.54, 1.807) is 0 Å². The average molecular weight is 358 g/mol. The molecule has 21 heavy (non-hydrogen) atoms. The van der Waals surface area contributed by atoms with Crippen molar-refractivity contribution in [1.29, 1.82) is 0 Å². The molecule has 0 spiro atoms. The highest BCUT2D eigenvalue weighted by molar-refractivity contribution is 9.10. The molecule has 0 saturated heterocycles. The monoisotopic (exact) mass is 357 g/mol. The molecule has 1 unspecified atom stereocenters. The van der Waals surface area contributed by atoms with Crippen molar-refractivity contribution in [2.24, 2.45) is 5.84 Å². The van der Waals surface area contributed by atoms with Gasteiger partial charge in [0, 0.05) is 12.1 Å². The number of likely N-dealkylation sites (N-methyl/N-ethyl adjacent to an activating group) is 1. The predicted molar refractivity (Wildman–Crippen MR) is 89.8 cm³/mol. The van der Waals surface area contributed by atoms with Crippen LogP contribution in [0.3, 0.4) is 0 Å². The first-order valence-electron chi connectivity index (χ1n) is 7.91. The van der Waals surface area contributed by atoms with Gasteiger partial charge in [-0.05, 0) is 49.3 Å². The Bertz CT molecular complexity index is 451.